The highest BCUT2D eigenvalue weighted by molar-refractivity contribution is 6.30. The number of benzene rings is 1. The van der Waals surface area contributed by atoms with Crippen molar-refractivity contribution in [2.75, 3.05) is 24.7 Å². The Labute approximate surface area is 174 Å². The Hall–Kier alpha value is -3.32. The van der Waals surface area contributed by atoms with Crippen LogP contribution in [0.1, 0.15) is 16.8 Å². The average molecular weight is 442 g/mol. The number of hydrogen-bond donors (Lipinski definition) is 0. The number of pyridine rings is 1. The van der Waals surface area contributed by atoms with Crippen molar-refractivity contribution in [2.45, 2.75) is 12.6 Å². The van der Waals surface area contributed by atoms with Gasteiger partial charge in [-0.3, -0.25) is 4.79 Å². The lowest BCUT2D eigenvalue weighted by Crippen LogP contribution is -2.35. The van der Waals surface area contributed by atoms with Crippen molar-refractivity contribution in [1.82, 2.24) is 4.98 Å². The third-order valence-corrected chi connectivity index (χ3v) is 3.79. The maximum absolute atomic E-state index is 12.5. The van der Waals surface area contributed by atoms with E-state index < -0.39 is 31.3 Å². The number of carbonyl (C=O) groups is 2. The Balaban J connectivity index is 1.97. The molecule has 1 aromatic heterocycles. The van der Waals surface area contributed by atoms with Gasteiger partial charge < -0.3 is 14.4 Å². The van der Waals surface area contributed by atoms with E-state index in [0.29, 0.717) is 10.7 Å². The summed E-state index contributed by atoms with van der Waals surface area (Å²) in [6.07, 6.45) is -3.49. The number of amides is 1. The number of nitrogens with zero attached hydrogens (tertiary/aromatic N) is 3. The molecule has 0 aliphatic rings. The fourth-order valence-electron chi connectivity index (χ4n) is 2.23. The highest BCUT2D eigenvalue weighted by atomic mass is 35.5. The van der Waals surface area contributed by atoms with Gasteiger partial charge in [0.2, 0.25) is 5.88 Å². The van der Waals surface area contributed by atoms with Gasteiger partial charge in [0.15, 0.2) is 13.2 Å². The fourth-order valence-corrected chi connectivity index (χ4v) is 2.42. The van der Waals surface area contributed by atoms with Gasteiger partial charge in [-0.1, -0.05) is 17.7 Å². The molecule has 7 nitrogen and oxygen atoms in total. The van der Waals surface area contributed by atoms with Crippen molar-refractivity contribution in [3.05, 3.63) is 53.2 Å². The van der Waals surface area contributed by atoms with Gasteiger partial charge in [0.05, 0.1) is 18.1 Å². The Kier molecular flexibility index (Phi) is 8.00. The van der Waals surface area contributed by atoms with Crippen LogP contribution in [0.15, 0.2) is 42.6 Å². The largest absolute Gasteiger partial charge is 0.468 e. The molecule has 0 atom stereocenters. The summed E-state index contributed by atoms with van der Waals surface area (Å²) in [4.78, 5) is 29.4. The van der Waals surface area contributed by atoms with Gasteiger partial charge in [0.1, 0.15) is 0 Å². The Morgan fingerprint density at radius 2 is 2.00 bits per heavy atom. The normalized spacial score (nSPS) is 10.8. The second-order valence-corrected chi connectivity index (χ2v) is 6.23. The van der Waals surface area contributed by atoms with Gasteiger partial charge in [-0.25, -0.2) is 9.78 Å². The molecular formula is C19H15ClF3N3O4. The second-order valence-electron chi connectivity index (χ2n) is 5.80. The van der Waals surface area contributed by atoms with E-state index in [-0.39, 0.29) is 24.4 Å². The first-order valence-corrected chi connectivity index (χ1v) is 8.83. The van der Waals surface area contributed by atoms with E-state index in [0.717, 1.165) is 18.3 Å². The highest BCUT2D eigenvalue weighted by Gasteiger charge is 2.28. The number of ether oxygens (including phenoxy) is 2. The third kappa shape index (κ3) is 7.25. The molecule has 0 saturated carbocycles. The molecule has 11 heteroatoms. The molecule has 0 fully saturated rings. The Morgan fingerprint density at radius 1 is 1.23 bits per heavy atom. The number of halogens is 4. The lowest BCUT2D eigenvalue weighted by molar-refractivity contribution is -0.154. The molecule has 2 rings (SSSR count). The summed E-state index contributed by atoms with van der Waals surface area (Å²) in [6.45, 7) is -2.07. The van der Waals surface area contributed by atoms with Crippen molar-refractivity contribution in [2.24, 2.45) is 0 Å². The Bertz CT molecular complexity index is 930. The monoisotopic (exact) mass is 441 g/mol. The minimum atomic E-state index is -4.51. The van der Waals surface area contributed by atoms with Crippen LogP contribution in [0.4, 0.5) is 18.9 Å². The lowest BCUT2D eigenvalue weighted by Gasteiger charge is -2.21. The quantitative estimate of drug-likeness (QED) is 0.579. The summed E-state index contributed by atoms with van der Waals surface area (Å²) < 4.78 is 45.8. The number of anilines is 1. The standard InChI is InChI=1S/C19H15ClF3N3O4/c20-14-3-1-4-15(9-14)26(8-2-7-24)17(27)11-29-18(28)13-5-6-16(25-10-13)30-12-19(21,22)23/h1,3-6,9-10H,2,8,11-12H2. The van der Waals surface area contributed by atoms with Crippen molar-refractivity contribution in [3.63, 3.8) is 0 Å². The molecule has 0 N–H and O–H groups in total. The SMILES string of the molecule is N#CCCN(C(=O)COC(=O)c1ccc(OCC(F)(F)F)nc1)c1cccc(Cl)c1. The molecule has 0 bridgehead atoms. The lowest BCUT2D eigenvalue weighted by atomic mass is 10.2. The van der Waals surface area contributed by atoms with Crippen LogP contribution >= 0.6 is 11.6 Å². The number of hydrogen-bond acceptors (Lipinski definition) is 6. The molecule has 1 aromatic carbocycles. The summed E-state index contributed by atoms with van der Waals surface area (Å²) >= 11 is 5.93. The van der Waals surface area contributed by atoms with Gasteiger partial charge in [-0.15, -0.1) is 0 Å². The minimum Gasteiger partial charge on any atom is -0.468 e. The summed E-state index contributed by atoms with van der Waals surface area (Å²) in [5, 5.41) is 9.18. The summed E-state index contributed by atoms with van der Waals surface area (Å²) in [7, 11) is 0. The maximum Gasteiger partial charge on any atom is 0.422 e. The number of esters is 1. The highest BCUT2D eigenvalue weighted by Crippen LogP contribution is 2.20. The van der Waals surface area contributed by atoms with Crippen molar-refractivity contribution in [1.29, 1.82) is 5.26 Å². The van der Waals surface area contributed by atoms with E-state index in [1.165, 1.54) is 11.0 Å². The molecule has 30 heavy (non-hydrogen) atoms. The first-order valence-electron chi connectivity index (χ1n) is 8.45. The van der Waals surface area contributed by atoms with Gasteiger partial charge in [0.25, 0.3) is 5.91 Å². The number of nitriles is 1. The molecule has 0 unspecified atom stereocenters. The smallest absolute Gasteiger partial charge is 0.422 e. The molecule has 1 heterocycles. The molecule has 158 valence electrons. The van der Waals surface area contributed by atoms with Crippen LogP contribution in [0.3, 0.4) is 0 Å². The Morgan fingerprint density at radius 3 is 2.60 bits per heavy atom. The first kappa shape index (κ1) is 23.0. The van der Waals surface area contributed by atoms with E-state index in [4.69, 9.17) is 21.6 Å². The first-order chi connectivity index (χ1) is 14.2. The second kappa shape index (κ2) is 10.5. The predicted molar refractivity (Wildman–Crippen MR) is 100 cm³/mol. The number of aromatic nitrogens is 1. The zero-order chi connectivity index (χ0) is 22.1. The number of rotatable bonds is 8. The fraction of sp³-hybridized carbons (Fsp3) is 0.263. The maximum atomic E-state index is 12.5. The predicted octanol–water partition coefficient (Wildman–Crippen LogP) is 3.78. The zero-order valence-electron chi connectivity index (χ0n) is 15.4. The molecule has 0 saturated heterocycles. The third-order valence-electron chi connectivity index (χ3n) is 3.55. The van der Waals surface area contributed by atoms with Crippen molar-refractivity contribution < 1.29 is 32.2 Å². The van der Waals surface area contributed by atoms with Crippen molar-refractivity contribution >= 4 is 29.2 Å². The van der Waals surface area contributed by atoms with Gasteiger partial charge >= 0.3 is 12.1 Å². The van der Waals surface area contributed by atoms with Gasteiger partial charge in [0, 0.05) is 29.5 Å². The van der Waals surface area contributed by atoms with Crippen LogP contribution in [-0.4, -0.2) is 42.8 Å². The molecule has 1 amide bonds. The van der Waals surface area contributed by atoms with Gasteiger partial charge in [-0.2, -0.15) is 18.4 Å². The van der Waals surface area contributed by atoms with Crippen LogP contribution in [-0.2, 0) is 9.53 Å². The molecule has 0 aliphatic carbocycles. The van der Waals surface area contributed by atoms with Crippen molar-refractivity contribution in [3.8, 4) is 11.9 Å². The molecule has 2 aromatic rings. The summed E-state index contributed by atoms with van der Waals surface area (Å²) in [6, 6.07) is 10.6. The molecule has 0 radical (unpaired) electrons. The molecule has 0 spiro atoms. The number of alkyl halides is 3. The molecule has 0 aliphatic heterocycles. The van der Waals surface area contributed by atoms with Crippen LogP contribution in [0.25, 0.3) is 0 Å². The van der Waals surface area contributed by atoms with E-state index in [9.17, 15) is 22.8 Å². The van der Waals surface area contributed by atoms with E-state index in [1.54, 1.807) is 18.2 Å². The number of carbonyl (C=O) groups excluding carboxylic acids is 2. The minimum absolute atomic E-state index is 0.0511. The average Bonchev–Trinajstić information content (AvgIpc) is 2.70. The van der Waals surface area contributed by atoms with E-state index in [2.05, 4.69) is 9.72 Å². The summed E-state index contributed by atoms with van der Waals surface area (Å²) in [5.41, 5.74) is 0.361. The van der Waals surface area contributed by atoms with Crippen LogP contribution in [0.2, 0.25) is 5.02 Å². The topological polar surface area (TPSA) is 92.5 Å². The molecular weight excluding hydrogens is 427 g/mol. The van der Waals surface area contributed by atoms with E-state index in [1.807, 2.05) is 6.07 Å². The summed E-state index contributed by atoms with van der Waals surface area (Å²) in [5.74, 6) is -1.80. The van der Waals surface area contributed by atoms with Crippen LogP contribution < -0.4 is 9.64 Å². The van der Waals surface area contributed by atoms with E-state index >= 15 is 0 Å². The van der Waals surface area contributed by atoms with Gasteiger partial charge in [-0.05, 0) is 24.3 Å². The zero-order valence-corrected chi connectivity index (χ0v) is 16.1. The van der Waals surface area contributed by atoms with Crippen LogP contribution in [0, 0.1) is 11.3 Å². The van der Waals surface area contributed by atoms with Crippen LogP contribution in [0.5, 0.6) is 5.88 Å².